The van der Waals surface area contributed by atoms with E-state index in [0.29, 0.717) is 0 Å². The maximum atomic E-state index is 5.21. The van der Waals surface area contributed by atoms with Crippen LogP contribution in [0.1, 0.15) is 18.9 Å². The van der Waals surface area contributed by atoms with Crippen LogP contribution in [0.3, 0.4) is 0 Å². The first-order valence-corrected chi connectivity index (χ1v) is 5.62. The highest BCUT2D eigenvalue weighted by Crippen LogP contribution is 2.22. The van der Waals surface area contributed by atoms with E-state index in [4.69, 9.17) is 9.47 Å². The van der Waals surface area contributed by atoms with Crippen molar-refractivity contribution in [1.29, 1.82) is 0 Å². The molecule has 0 bridgehead atoms. The summed E-state index contributed by atoms with van der Waals surface area (Å²) in [4.78, 5) is 0. The first kappa shape index (κ1) is 13.4. The highest BCUT2D eigenvalue weighted by atomic mass is 16.5. The number of hydrogen-bond acceptors (Lipinski definition) is 3. The molecule has 0 atom stereocenters. The van der Waals surface area contributed by atoms with Crippen LogP contribution in [0.4, 0.5) is 0 Å². The Kier molecular flexibility index (Phi) is 5.98. The summed E-state index contributed by atoms with van der Waals surface area (Å²) >= 11 is 0. The van der Waals surface area contributed by atoms with Crippen LogP contribution in [0.5, 0.6) is 11.5 Å². The molecule has 0 amide bonds. The van der Waals surface area contributed by atoms with Gasteiger partial charge in [0.15, 0.2) is 0 Å². The molecule has 92 valence electrons. The van der Waals surface area contributed by atoms with Gasteiger partial charge in [0.2, 0.25) is 0 Å². The van der Waals surface area contributed by atoms with E-state index in [1.165, 1.54) is 0 Å². The molecule has 3 nitrogen and oxygen atoms in total. The Morgan fingerprint density at radius 2 is 1.76 bits per heavy atom. The van der Waals surface area contributed by atoms with Gasteiger partial charge in [-0.2, -0.15) is 0 Å². The molecular formula is C14H19NO2. The third-order valence-corrected chi connectivity index (χ3v) is 2.34. The minimum absolute atomic E-state index is 0.791. The van der Waals surface area contributed by atoms with Gasteiger partial charge in [-0.05, 0) is 24.6 Å². The number of nitrogens with one attached hydrogen (secondary N) is 1. The SMILES string of the molecule is CC#CCCNCc1cc(OC)cc(OC)c1. The third kappa shape index (κ3) is 4.80. The average Bonchev–Trinajstić information content (AvgIpc) is 2.38. The molecule has 0 aromatic heterocycles. The number of hydrogen-bond donors (Lipinski definition) is 1. The maximum Gasteiger partial charge on any atom is 0.122 e. The van der Waals surface area contributed by atoms with E-state index in [9.17, 15) is 0 Å². The molecule has 1 N–H and O–H groups in total. The monoisotopic (exact) mass is 233 g/mol. The second-order valence-corrected chi connectivity index (χ2v) is 3.57. The van der Waals surface area contributed by atoms with E-state index in [2.05, 4.69) is 17.2 Å². The Bertz CT molecular complexity index is 382. The van der Waals surface area contributed by atoms with E-state index >= 15 is 0 Å². The summed E-state index contributed by atoms with van der Waals surface area (Å²) in [7, 11) is 3.31. The van der Waals surface area contributed by atoms with Gasteiger partial charge in [0.1, 0.15) is 11.5 Å². The number of rotatable bonds is 6. The van der Waals surface area contributed by atoms with E-state index in [1.807, 2.05) is 25.1 Å². The van der Waals surface area contributed by atoms with Crippen LogP contribution in [0, 0.1) is 11.8 Å². The summed E-state index contributed by atoms with van der Waals surface area (Å²) in [6.45, 7) is 3.53. The topological polar surface area (TPSA) is 30.5 Å². The second kappa shape index (κ2) is 7.59. The lowest BCUT2D eigenvalue weighted by Crippen LogP contribution is -2.14. The van der Waals surface area contributed by atoms with Gasteiger partial charge in [-0.25, -0.2) is 0 Å². The van der Waals surface area contributed by atoms with Crippen molar-refractivity contribution in [3.63, 3.8) is 0 Å². The van der Waals surface area contributed by atoms with Crippen molar-refractivity contribution in [3.8, 4) is 23.3 Å². The molecule has 0 saturated heterocycles. The smallest absolute Gasteiger partial charge is 0.122 e. The van der Waals surface area contributed by atoms with E-state index in [-0.39, 0.29) is 0 Å². The molecule has 17 heavy (non-hydrogen) atoms. The Labute approximate surface area is 103 Å². The van der Waals surface area contributed by atoms with Crippen molar-refractivity contribution < 1.29 is 9.47 Å². The third-order valence-electron chi connectivity index (χ3n) is 2.34. The lowest BCUT2D eigenvalue weighted by atomic mass is 10.2. The zero-order valence-electron chi connectivity index (χ0n) is 10.7. The molecule has 0 aliphatic heterocycles. The van der Waals surface area contributed by atoms with Crippen LogP contribution in [0.2, 0.25) is 0 Å². The van der Waals surface area contributed by atoms with Crippen molar-refractivity contribution in [3.05, 3.63) is 23.8 Å². The number of methoxy groups -OCH3 is 2. The van der Waals surface area contributed by atoms with Crippen molar-refractivity contribution in [2.45, 2.75) is 19.9 Å². The standard InChI is InChI=1S/C14H19NO2/c1-4-5-6-7-15-11-12-8-13(16-2)10-14(9-12)17-3/h8-10,15H,6-7,11H2,1-3H3. The zero-order chi connectivity index (χ0) is 12.5. The predicted molar refractivity (Wildman–Crippen MR) is 69.3 cm³/mol. The van der Waals surface area contributed by atoms with Gasteiger partial charge in [0, 0.05) is 25.6 Å². The van der Waals surface area contributed by atoms with Crippen LogP contribution in [0.25, 0.3) is 0 Å². The number of benzene rings is 1. The fraction of sp³-hybridized carbons (Fsp3) is 0.429. The van der Waals surface area contributed by atoms with E-state index in [1.54, 1.807) is 14.2 Å². The van der Waals surface area contributed by atoms with Gasteiger partial charge in [0.05, 0.1) is 14.2 Å². The van der Waals surface area contributed by atoms with Crippen molar-refractivity contribution in [2.75, 3.05) is 20.8 Å². The van der Waals surface area contributed by atoms with Gasteiger partial charge < -0.3 is 14.8 Å². The molecule has 3 heteroatoms. The summed E-state index contributed by atoms with van der Waals surface area (Å²) < 4.78 is 10.4. The quantitative estimate of drug-likeness (QED) is 0.603. The molecule has 1 aromatic carbocycles. The Morgan fingerprint density at radius 3 is 2.29 bits per heavy atom. The van der Waals surface area contributed by atoms with Crippen LogP contribution in [-0.2, 0) is 6.54 Å². The summed E-state index contributed by atoms with van der Waals surface area (Å²) in [6.07, 6.45) is 0.873. The van der Waals surface area contributed by atoms with Crippen LogP contribution < -0.4 is 14.8 Å². The zero-order valence-corrected chi connectivity index (χ0v) is 10.7. The first-order valence-electron chi connectivity index (χ1n) is 5.62. The largest absolute Gasteiger partial charge is 0.497 e. The van der Waals surface area contributed by atoms with E-state index < -0.39 is 0 Å². The average molecular weight is 233 g/mol. The fourth-order valence-corrected chi connectivity index (χ4v) is 1.48. The molecular weight excluding hydrogens is 214 g/mol. The summed E-state index contributed by atoms with van der Waals surface area (Å²) in [5, 5.41) is 3.33. The highest BCUT2D eigenvalue weighted by molar-refractivity contribution is 5.38. The van der Waals surface area contributed by atoms with Crippen LogP contribution in [-0.4, -0.2) is 20.8 Å². The van der Waals surface area contributed by atoms with Gasteiger partial charge in [-0.3, -0.25) is 0 Å². The molecule has 0 unspecified atom stereocenters. The Hall–Kier alpha value is -1.66. The minimum atomic E-state index is 0.791. The minimum Gasteiger partial charge on any atom is -0.497 e. The lowest BCUT2D eigenvalue weighted by Gasteiger charge is -2.08. The van der Waals surface area contributed by atoms with E-state index in [0.717, 1.165) is 36.6 Å². The van der Waals surface area contributed by atoms with Gasteiger partial charge in [-0.15, -0.1) is 11.8 Å². The molecule has 0 saturated carbocycles. The molecule has 1 aromatic rings. The van der Waals surface area contributed by atoms with Gasteiger partial charge in [0.25, 0.3) is 0 Å². The van der Waals surface area contributed by atoms with Gasteiger partial charge >= 0.3 is 0 Å². The Morgan fingerprint density at radius 1 is 1.12 bits per heavy atom. The predicted octanol–water partition coefficient (Wildman–Crippen LogP) is 2.21. The van der Waals surface area contributed by atoms with Crippen LogP contribution in [0.15, 0.2) is 18.2 Å². The summed E-state index contributed by atoms with van der Waals surface area (Å²) in [5.74, 6) is 7.52. The highest BCUT2D eigenvalue weighted by Gasteiger charge is 2.01. The summed E-state index contributed by atoms with van der Waals surface area (Å²) in [5.41, 5.74) is 1.14. The fourth-order valence-electron chi connectivity index (χ4n) is 1.48. The molecule has 0 heterocycles. The normalized spacial score (nSPS) is 9.35. The van der Waals surface area contributed by atoms with Crippen LogP contribution >= 0.6 is 0 Å². The maximum absolute atomic E-state index is 5.21. The molecule has 0 aliphatic rings. The number of ether oxygens (including phenoxy) is 2. The van der Waals surface area contributed by atoms with Crippen molar-refractivity contribution >= 4 is 0 Å². The van der Waals surface area contributed by atoms with Crippen molar-refractivity contribution in [1.82, 2.24) is 5.32 Å². The molecule has 0 radical (unpaired) electrons. The lowest BCUT2D eigenvalue weighted by molar-refractivity contribution is 0.393. The van der Waals surface area contributed by atoms with Gasteiger partial charge in [-0.1, -0.05) is 0 Å². The molecule has 0 spiro atoms. The van der Waals surface area contributed by atoms with Crippen molar-refractivity contribution in [2.24, 2.45) is 0 Å². The Balaban J connectivity index is 2.53. The summed E-state index contributed by atoms with van der Waals surface area (Å²) in [6, 6.07) is 5.87. The molecule has 0 fully saturated rings. The second-order valence-electron chi connectivity index (χ2n) is 3.57. The first-order chi connectivity index (χ1) is 8.30. The molecule has 0 aliphatic carbocycles. The molecule has 1 rings (SSSR count).